The molecule has 0 saturated heterocycles. The molecule has 4 heteroatoms. The predicted molar refractivity (Wildman–Crippen MR) is 77.3 cm³/mol. The Morgan fingerprint density at radius 1 is 1.22 bits per heavy atom. The van der Waals surface area contributed by atoms with E-state index in [0.717, 1.165) is 34.5 Å². The number of hydrogen-bond acceptors (Lipinski definition) is 3. The van der Waals surface area contributed by atoms with Gasteiger partial charge in [0.15, 0.2) is 0 Å². The lowest BCUT2D eigenvalue weighted by atomic mass is 10.2. The van der Waals surface area contributed by atoms with E-state index in [9.17, 15) is 4.79 Å². The minimum absolute atomic E-state index is 0.0227. The SMILES string of the molecule is CCCNCCNC(=O)c1cc2ccccc2s1. The molecule has 0 saturated carbocycles. The van der Waals surface area contributed by atoms with Crippen molar-refractivity contribution in [2.45, 2.75) is 13.3 Å². The van der Waals surface area contributed by atoms with Crippen LogP contribution in [0.15, 0.2) is 30.3 Å². The lowest BCUT2D eigenvalue weighted by molar-refractivity contribution is 0.0958. The Kier molecular flexibility index (Phi) is 4.73. The second-order valence-corrected chi connectivity index (χ2v) is 5.24. The van der Waals surface area contributed by atoms with Crippen molar-refractivity contribution < 1.29 is 4.79 Å². The molecular weight excluding hydrogens is 244 g/mol. The Labute approximate surface area is 111 Å². The fraction of sp³-hybridized carbons (Fsp3) is 0.357. The van der Waals surface area contributed by atoms with Crippen molar-refractivity contribution in [2.24, 2.45) is 0 Å². The van der Waals surface area contributed by atoms with Gasteiger partial charge in [0.1, 0.15) is 0 Å². The van der Waals surface area contributed by atoms with Gasteiger partial charge in [-0.2, -0.15) is 0 Å². The topological polar surface area (TPSA) is 41.1 Å². The quantitative estimate of drug-likeness (QED) is 0.786. The smallest absolute Gasteiger partial charge is 0.261 e. The van der Waals surface area contributed by atoms with E-state index in [1.165, 1.54) is 0 Å². The molecule has 0 radical (unpaired) electrons. The van der Waals surface area contributed by atoms with Gasteiger partial charge in [-0.15, -0.1) is 11.3 Å². The number of hydrogen-bond donors (Lipinski definition) is 2. The lowest BCUT2D eigenvalue weighted by Gasteiger charge is -2.04. The van der Waals surface area contributed by atoms with Gasteiger partial charge < -0.3 is 10.6 Å². The van der Waals surface area contributed by atoms with Crippen LogP contribution in [0.25, 0.3) is 10.1 Å². The first kappa shape index (κ1) is 13.1. The molecule has 0 atom stereocenters. The van der Waals surface area contributed by atoms with Crippen molar-refractivity contribution in [2.75, 3.05) is 19.6 Å². The van der Waals surface area contributed by atoms with Crippen LogP contribution in [0, 0.1) is 0 Å². The number of fused-ring (bicyclic) bond motifs is 1. The highest BCUT2D eigenvalue weighted by Gasteiger charge is 2.08. The maximum Gasteiger partial charge on any atom is 0.261 e. The normalized spacial score (nSPS) is 10.7. The van der Waals surface area contributed by atoms with Crippen molar-refractivity contribution in [3.8, 4) is 0 Å². The molecule has 1 amide bonds. The maximum absolute atomic E-state index is 11.9. The first-order valence-electron chi connectivity index (χ1n) is 6.28. The Hall–Kier alpha value is -1.39. The fourth-order valence-corrected chi connectivity index (χ4v) is 2.73. The molecule has 1 aromatic carbocycles. The molecule has 3 nitrogen and oxygen atoms in total. The van der Waals surface area contributed by atoms with Gasteiger partial charge in [-0.05, 0) is 30.5 Å². The van der Waals surface area contributed by atoms with Crippen LogP contribution in [-0.4, -0.2) is 25.5 Å². The Bertz CT molecular complexity index is 488. The zero-order valence-corrected chi connectivity index (χ0v) is 11.3. The second kappa shape index (κ2) is 6.52. The highest BCUT2D eigenvalue weighted by atomic mass is 32.1. The summed E-state index contributed by atoms with van der Waals surface area (Å²) in [5.41, 5.74) is 0. The molecule has 2 rings (SSSR count). The van der Waals surface area contributed by atoms with E-state index in [4.69, 9.17) is 0 Å². The Balaban J connectivity index is 1.88. The number of nitrogens with one attached hydrogen (secondary N) is 2. The van der Waals surface area contributed by atoms with Gasteiger partial charge in [0, 0.05) is 17.8 Å². The number of carbonyl (C=O) groups is 1. The molecule has 0 unspecified atom stereocenters. The number of thiophene rings is 1. The van der Waals surface area contributed by atoms with E-state index in [2.05, 4.69) is 17.6 Å². The summed E-state index contributed by atoms with van der Waals surface area (Å²) in [5, 5.41) is 7.32. The van der Waals surface area contributed by atoms with Crippen molar-refractivity contribution in [3.63, 3.8) is 0 Å². The standard InChI is InChI=1S/C14H18N2OS/c1-2-7-15-8-9-16-14(17)13-10-11-5-3-4-6-12(11)18-13/h3-6,10,15H,2,7-9H2,1H3,(H,16,17). The summed E-state index contributed by atoms with van der Waals surface area (Å²) in [6, 6.07) is 10.0. The third kappa shape index (κ3) is 3.31. The molecule has 2 aromatic rings. The second-order valence-electron chi connectivity index (χ2n) is 4.15. The van der Waals surface area contributed by atoms with E-state index in [0.29, 0.717) is 6.54 Å². The van der Waals surface area contributed by atoms with Gasteiger partial charge >= 0.3 is 0 Å². The highest BCUT2D eigenvalue weighted by molar-refractivity contribution is 7.20. The molecule has 0 aliphatic rings. The lowest BCUT2D eigenvalue weighted by Crippen LogP contribution is -2.31. The van der Waals surface area contributed by atoms with Crippen molar-refractivity contribution in [1.29, 1.82) is 0 Å². The van der Waals surface area contributed by atoms with Gasteiger partial charge in [0.25, 0.3) is 5.91 Å². The molecular formula is C14H18N2OS. The molecule has 2 N–H and O–H groups in total. The highest BCUT2D eigenvalue weighted by Crippen LogP contribution is 2.24. The maximum atomic E-state index is 11.9. The first-order chi connectivity index (χ1) is 8.81. The van der Waals surface area contributed by atoms with Crippen molar-refractivity contribution in [1.82, 2.24) is 10.6 Å². The summed E-state index contributed by atoms with van der Waals surface area (Å²) in [6.45, 7) is 4.62. The molecule has 0 fully saturated rings. The van der Waals surface area contributed by atoms with Crippen molar-refractivity contribution in [3.05, 3.63) is 35.2 Å². The predicted octanol–water partition coefficient (Wildman–Crippen LogP) is 2.63. The van der Waals surface area contributed by atoms with E-state index < -0.39 is 0 Å². The van der Waals surface area contributed by atoms with Crippen molar-refractivity contribution >= 4 is 27.3 Å². The average molecular weight is 262 g/mol. The third-order valence-electron chi connectivity index (χ3n) is 2.66. The minimum Gasteiger partial charge on any atom is -0.350 e. The number of amides is 1. The fourth-order valence-electron chi connectivity index (χ4n) is 1.75. The van der Waals surface area contributed by atoms with Gasteiger partial charge in [-0.25, -0.2) is 0 Å². The number of rotatable bonds is 6. The zero-order valence-electron chi connectivity index (χ0n) is 10.5. The molecule has 18 heavy (non-hydrogen) atoms. The minimum atomic E-state index is 0.0227. The molecule has 1 aromatic heterocycles. The summed E-state index contributed by atoms with van der Waals surface area (Å²) >= 11 is 1.54. The molecule has 0 aliphatic heterocycles. The Morgan fingerprint density at radius 2 is 2.06 bits per heavy atom. The molecule has 0 aliphatic carbocycles. The van der Waals surface area contributed by atoms with Crippen LogP contribution in [0.4, 0.5) is 0 Å². The first-order valence-corrected chi connectivity index (χ1v) is 7.10. The van der Waals surface area contributed by atoms with E-state index in [-0.39, 0.29) is 5.91 Å². The summed E-state index contributed by atoms with van der Waals surface area (Å²) in [7, 11) is 0. The van der Waals surface area contributed by atoms with Gasteiger partial charge in [-0.1, -0.05) is 25.1 Å². The van der Waals surface area contributed by atoms with Gasteiger partial charge in [0.2, 0.25) is 0 Å². The van der Waals surface area contributed by atoms with Crippen LogP contribution in [0.1, 0.15) is 23.0 Å². The van der Waals surface area contributed by atoms with E-state index in [1.54, 1.807) is 11.3 Å². The van der Waals surface area contributed by atoms with E-state index >= 15 is 0 Å². The van der Waals surface area contributed by atoms with Crippen LogP contribution in [0.5, 0.6) is 0 Å². The van der Waals surface area contributed by atoms with Crippen LogP contribution in [-0.2, 0) is 0 Å². The molecule has 0 bridgehead atoms. The average Bonchev–Trinajstić information content (AvgIpc) is 2.82. The summed E-state index contributed by atoms with van der Waals surface area (Å²) < 4.78 is 1.16. The number of carbonyl (C=O) groups excluding carboxylic acids is 1. The van der Waals surface area contributed by atoms with Crippen LogP contribution < -0.4 is 10.6 Å². The number of benzene rings is 1. The summed E-state index contributed by atoms with van der Waals surface area (Å²) in [6.07, 6.45) is 1.12. The summed E-state index contributed by atoms with van der Waals surface area (Å²) in [4.78, 5) is 12.7. The van der Waals surface area contributed by atoms with Crippen LogP contribution >= 0.6 is 11.3 Å². The molecule has 1 heterocycles. The zero-order chi connectivity index (χ0) is 12.8. The largest absolute Gasteiger partial charge is 0.350 e. The van der Waals surface area contributed by atoms with Gasteiger partial charge in [-0.3, -0.25) is 4.79 Å². The Morgan fingerprint density at radius 3 is 2.83 bits per heavy atom. The summed E-state index contributed by atoms with van der Waals surface area (Å²) in [5.74, 6) is 0.0227. The molecule has 0 spiro atoms. The van der Waals surface area contributed by atoms with Crippen LogP contribution in [0.3, 0.4) is 0 Å². The van der Waals surface area contributed by atoms with Gasteiger partial charge in [0.05, 0.1) is 4.88 Å². The van der Waals surface area contributed by atoms with E-state index in [1.807, 2.05) is 30.3 Å². The molecule has 96 valence electrons. The monoisotopic (exact) mass is 262 g/mol. The van der Waals surface area contributed by atoms with Crippen LogP contribution in [0.2, 0.25) is 0 Å². The third-order valence-corrected chi connectivity index (χ3v) is 3.78.